The van der Waals surface area contributed by atoms with E-state index < -0.39 is 35.5 Å². The maximum absolute atomic E-state index is 13.1. The van der Waals surface area contributed by atoms with E-state index in [1.165, 1.54) is 38.1 Å². The number of amides is 1. The minimum Gasteiger partial charge on any atom is -0.474 e. The van der Waals surface area contributed by atoms with Gasteiger partial charge in [0.2, 0.25) is 5.72 Å². The zero-order valence-electron chi connectivity index (χ0n) is 12.8. The first-order valence-electron chi connectivity index (χ1n) is 6.95. The summed E-state index contributed by atoms with van der Waals surface area (Å²) in [6.07, 6.45) is -5.10. The zero-order valence-corrected chi connectivity index (χ0v) is 12.8. The number of carbonyl (C=O) groups is 1. The van der Waals surface area contributed by atoms with Gasteiger partial charge in [-0.05, 0) is 19.9 Å². The average Bonchev–Trinajstić information content (AvgIpc) is 2.83. The fraction of sp³-hybridized carbons (Fsp3) is 0.429. The highest BCUT2D eigenvalue weighted by atomic mass is 19.3. The Labute approximate surface area is 135 Å². The normalized spacial score (nSPS) is 21.6. The molecule has 0 spiro atoms. The smallest absolute Gasteiger partial charge is 0.310 e. The van der Waals surface area contributed by atoms with Gasteiger partial charge in [-0.3, -0.25) is 14.9 Å². The number of benzene rings is 1. The van der Waals surface area contributed by atoms with Gasteiger partial charge < -0.3 is 9.84 Å². The Bertz CT molecular complexity index is 697. The van der Waals surface area contributed by atoms with Crippen LogP contribution in [-0.2, 0) is 4.79 Å². The van der Waals surface area contributed by atoms with E-state index in [0.29, 0.717) is 0 Å². The first-order valence-corrected chi connectivity index (χ1v) is 6.95. The SMILES string of the molecule is CC1=NN(C(=O)[C@@H](C)Oc2ccccc2[N+](=O)[O-])[C@@](O)(C(F)F)C1. The number of aliphatic hydroxyl groups is 1. The first-order chi connectivity index (χ1) is 11.2. The second-order valence-corrected chi connectivity index (χ2v) is 5.33. The van der Waals surface area contributed by atoms with Crippen molar-refractivity contribution in [2.45, 2.75) is 38.5 Å². The van der Waals surface area contributed by atoms with Crippen molar-refractivity contribution in [1.29, 1.82) is 0 Å². The lowest BCUT2D eigenvalue weighted by molar-refractivity contribution is -0.386. The molecule has 2 atom stereocenters. The van der Waals surface area contributed by atoms with Crippen molar-refractivity contribution in [2.75, 3.05) is 0 Å². The Morgan fingerprint density at radius 1 is 1.50 bits per heavy atom. The monoisotopic (exact) mass is 343 g/mol. The van der Waals surface area contributed by atoms with Crippen LogP contribution in [0.3, 0.4) is 0 Å². The summed E-state index contributed by atoms with van der Waals surface area (Å²) in [4.78, 5) is 22.6. The number of carbonyl (C=O) groups excluding carboxylic acids is 1. The molecule has 8 nitrogen and oxygen atoms in total. The number of ether oxygens (including phenoxy) is 1. The second kappa shape index (κ2) is 6.48. The van der Waals surface area contributed by atoms with Crippen LogP contribution in [0.5, 0.6) is 5.75 Å². The fourth-order valence-electron chi connectivity index (χ4n) is 2.27. The molecule has 1 aliphatic rings. The van der Waals surface area contributed by atoms with Crippen molar-refractivity contribution in [2.24, 2.45) is 5.10 Å². The maximum Gasteiger partial charge on any atom is 0.310 e. The van der Waals surface area contributed by atoms with Gasteiger partial charge in [-0.2, -0.15) is 10.1 Å². The summed E-state index contributed by atoms with van der Waals surface area (Å²) in [7, 11) is 0. The molecule has 0 aromatic heterocycles. The number of nitrogens with zero attached hydrogens (tertiary/aromatic N) is 3. The molecule has 0 fully saturated rings. The third kappa shape index (κ3) is 3.18. The van der Waals surface area contributed by atoms with Crippen LogP contribution in [0.15, 0.2) is 29.4 Å². The lowest BCUT2D eigenvalue weighted by Crippen LogP contribution is -2.54. The topological polar surface area (TPSA) is 105 Å². The van der Waals surface area contributed by atoms with Gasteiger partial charge >= 0.3 is 5.69 Å². The number of rotatable bonds is 5. The predicted octanol–water partition coefficient (Wildman–Crippen LogP) is 1.92. The highest BCUT2D eigenvalue weighted by Gasteiger charge is 2.52. The largest absolute Gasteiger partial charge is 0.474 e. The summed E-state index contributed by atoms with van der Waals surface area (Å²) in [6, 6.07) is 5.34. The van der Waals surface area contributed by atoms with Crippen molar-refractivity contribution < 1.29 is 28.3 Å². The van der Waals surface area contributed by atoms with Gasteiger partial charge in [0.25, 0.3) is 12.3 Å². The van der Waals surface area contributed by atoms with E-state index in [0.717, 1.165) is 0 Å². The van der Waals surface area contributed by atoms with Crippen molar-refractivity contribution in [1.82, 2.24) is 5.01 Å². The molecular formula is C14H15F2N3O5. The third-order valence-corrected chi connectivity index (χ3v) is 3.43. The number of nitro groups is 1. The molecule has 0 unspecified atom stereocenters. The molecule has 0 saturated heterocycles. The maximum atomic E-state index is 13.1. The molecule has 2 rings (SSSR count). The quantitative estimate of drug-likeness (QED) is 0.649. The Morgan fingerprint density at radius 3 is 2.71 bits per heavy atom. The molecule has 1 amide bonds. The summed E-state index contributed by atoms with van der Waals surface area (Å²) in [5.74, 6) is -1.23. The molecule has 0 radical (unpaired) electrons. The minimum atomic E-state index is -3.24. The summed E-state index contributed by atoms with van der Waals surface area (Å²) in [5.41, 5.74) is -2.96. The lowest BCUT2D eigenvalue weighted by atomic mass is 10.1. The number of hydrazone groups is 1. The molecular weight excluding hydrogens is 328 g/mol. The van der Waals surface area contributed by atoms with Gasteiger partial charge in [0.15, 0.2) is 11.9 Å². The molecule has 24 heavy (non-hydrogen) atoms. The van der Waals surface area contributed by atoms with Crippen LogP contribution < -0.4 is 4.74 Å². The number of hydrogen-bond donors (Lipinski definition) is 1. The van der Waals surface area contributed by atoms with Gasteiger partial charge in [0, 0.05) is 18.2 Å². The lowest BCUT2D eigenvalue weighted by Gasteiger charge is -2.31. The predicted molar refractivity (Wildman–Crippen MR) is 78.7 cm³/mol. The van der Waals surface area contributed by atoms with Crippen molar-refractivity contribution in [3.63, 3.8) is 0 Å². The van der Waals surface area contributed by atoms with E-state index in [9.17, 15) is 28.8 Å². The molecule has 0 saturated carbocycles. The zero-order chi connectivity index (χ0) is 18.1. The van der Waals surface area contributed by atoms with E-state index >= 15 is 0 Å². The van der Waals surface area contributed by atoms with Gasteiger partial charge in [0.05, 0.1) is 4.92 Å². The van der Waals surface area contributed by atoms with Gasteiger partial charge in [-0.25, -0.2) is 8.78 Å². The number of halogens is 2. The van der Waals surface area contributed by atoms with Crippen LogP contribution >= 0.6 is 0 Å². The molecule has 1 heterocycles. The summed E-state index contributed by atoms with van der Waals surface area (Å²) >= 11 is 0. The standard InChI is InChI=1S/C14H15F2N3O5/c1-8-7-14(21,13(15)16)18(17-8)12(20)9(2)24-11-6-4-3-5-10(11)19(22)23/h3-6,9,13,21H,7H2,1-2H3/t9-,14+/m1/s1. The molecule has 1 aromatic carbocycles. The summed E-state index contributed by atoms with van der Waals surface area (Å²) < 4.78 is 31.5. The average molecular weight is 343 g/mol. The fourth-order valence-corrected chi connectivity index (χ4v) is 2.27. The molecule has 10 heteroatoms. The third-order valence-electron chi connectivity index (χ3n) is 3.43. The van der Waals surface area contributed by atoms with Crippen LogP contribution in [0, 0.1) is 10.1 Å². The Kier molecular flexibility index (Phi) is 4.78. The number of para-hydroxylation sites is 2. The Morgan fingerprint density at radius 2 is 2.12 bits per heavy atom. The van der Waals surface area contributed by atoms with Gasteiger partial charge in [-0.1, -0.05) is 12.1 Å². The minimum absolute atomic E-state index is 0.157. The van der Waals surface area contributed by atoms with Crippen LogP contribution in [-0.4, -0.2) is 44.9 Å². The first kappa shape index (κ1) is 17.7. The highest BCUT2D eigenvalue weighted by molar-refractivity contribution is 5.90. The molecule has 1 aromatic rings. The van der Waals surface area contributed by atoms with Crippen LogP contribution in [0.4, 0.5) is 14.5 Å². The highest BCUT2D eigenvalue weighted by Crippen LogP contribution is 2.33. The number of hydrogen-bond acceptors (Lipinski definition) is 6. The summed E-state index contributed by atoms with van der Waals surface area (Å²) in [6.45, 7) is 2.63. The molecule has 0 aliphatic carbocycles. The molecule has 1 aliphatic heterocycles. The van der Waals surface area contributed by atoms with E-state index in [4.69, 9.17) is 4.74 Å². The van der Waals surface area contributed by atoms with Crippen LogP contribution in [0.1, 0.15) is 20.3 Å². The Balaban J connectivity index is 2.23. The number of alkyl halides is 2. The van der Waals surface area contributed by atoms with E-state index in [2.05, 4.69) is 5.10 Å². The Hall–Kier alpha value is -2.62. The van der Waals surface area contributed by atoms with Crippen molar-refractivity contribution in [3.8, 4) is 5.75 Å². The van der Waals surface area contributed by atoms with Crippen LogP contribution in [0.2, 0.25) is 0 Å². The summed E-state index contributed by atoms with van der Waals surface area (Å²) in [5, 5.41) is 24.9. The van der Waals surface area contributed by atoms with Crippen molar-refractivity contribution in [3.05, 3.63) is 34.4 Å². The van der Waals surface area contributed by atoms with E-state index in [-0.39, 0.29) is 22.2 Å². The molecule has 0 bridgehead atoms. The van der Waals surface area contributed by atoms with Gasteiger partial charge in [-0.15, -0.1) is 0 Å². The second-order valence-electron chi connectivity index (χ2n) is 5.33. The molecule has 1 N–H and O–H groups in total. The van der Waals surface area contributed by atoms with Crippen molar-refractivity contribution >= 4 is 17.3 Å². The van der Waals surface area contributed by atoms with E-state index in [1.807, 2.05) is 0 Å². The van der Waals surface area contributed by atoms with E-state index in [1.54, 1.807) is 0 Å². The van der Waals surface area contributed by atoms with Crippen LogP contribution in [0.25, 0.3) is 0 Å². The number of nitro benzene ring substituents is 1. The molecule has 130 valence electrons. The van der Waals surface area contributed by atoms with Gasteiger partial charge in [0.1, 0.15) is 0 Å².